The molecule has 2 aromatic carbocycles. The summed E-state index contributed by atoms with van der Waals surface area (Å²) in [5, 5.41) is 5.70. The Bertz CT molecular complexity index is 1200. The first kappa shape index (κ1) is 24.5. The van der Waals surface area contributed by atoms with Gasteiger partial charge in [-0.05, 0) is 42.1 Å². The van der Waals surface area contributed by atoms with Gasteiger partial charge >= 0.3 is 12.2 Å². The number of nitrogens with zero attached hydrogens (tertiary/aromatic N) is 1. The maximum absolute atomic E-state index is 13.4. The average Bonchev–Trinajstić information content (AvgIpc) is 2.75. The first-order chi connectivity index (χ1) is 15.6. The van der Waals surface area contributed by atoms with Crippen molar-refractivity contribution in [2.45, 2.75) is 19.1 Å². The molecule has 0 aliphatic rings. The highest BCUT2D eigenvalue weighted by Crippen LogP contribution is 2.27. The number of halogens is 5. The number of benzene rings is 2. The number of H-pyrrole nitrogens is 1. The summed E-state index contributed by atoms with van der Waals surface area (Å²) in [6.45, 7) is 0.279. The number of fused-ring (bicyclic) bond motifs is 1. The molecule has 6 nitrogen and oxygen atoms in total. The van der Waals surface area contributed by atoms with Crippen molar-refractivity contribution in [2.75, 3.05) is 25.0 Å². The van der Waals surface area contributed by atoms with Crippen LogP contribution in [0.15, 0.2) is 53.5 Å². The van der Waals surface area contributed by atoms with Gasteiger partial charge < -0.3 is 20.5 Å². The lowest BCUT2D eigenvalue weighted by Gasteiger charge is -2.30. The smallest absolute Gasteiger partial charge is 0.328 e. The van der Waals surface area contributed by atoms with Gasteiger partial charge in [-0.25, -0.2) is 9.18 Å². The molecule has 1 aromatic heterocycles. The summed E-state index contributed by atoms with van der Waals surface area (Å²) in [5.41, 5.74) is 0.525. The molecule has 0 radical (unpaired) electrons. The number of pyridine rings is 1. The lowest BCUT2D eigenvalue weighted by molar-refractivity contribution is -0.124. The molecule has 0 aliphatic heterocycles. The van der Waals surface area contributed by atoms with Crippen molar-refractivity contribution in [3.05, 3.63) is 75.4 Å². The maximum Gasteiger partial charge on any atom is 0.401 e. The molecule has 1 heterocycles. The normalized spacial score (nSPS) is 12.5. The van der Waals surface area contributed by atoms with Gasteiger partial charge in [0.05, 0.1) is 17.6 Å². The Balaban J connectivity index is 1.89. The van der Waals surface area contributed by atoms with Crippen molar-refractivity contribution in [2.24, 2.45) is 0 Å². The van der Waals surface area contributed by atoms with Gasteiger partial charge in [0, 0.05) is 30.4 Å². The van der Waals surface area contributed by atoms with Gasteiger partial charge in [-0.15, -0.1) is 0 Å². The van der Waals surface area contributed by atoms with Crippen molar-refractivity contribution in [3.63, 3.8) is 0 Å². The number of alkyl halides is 3. The SMILES string of the molecule is CC(c1c[nH]c(=O)c2ccccc12)N(CCNCC(F)(F)F)C(=O)Nc1ccc(F)c(Cl)c1. The highest BCUT2D eigenvalue weighted by Gasteiger charge is 2.27. The minimum Gasteiger partial charge on any atom is -0.328 e. The fraction of sp³-hybridized carbons (Fsp3) is 0.273. The van der Waals surface area contributed by atoms with Gasteiger partial charge in [0.2, 0.25) is 0 Å². The topological polar surface area (TPSA) is 77.2 Å². The number of carbonyl (C=O) groups is 1. The quantitative estimate of drug-likeness (QED) is 0.324. The maximum atomic E-state index is 13.4. The van der Waals surface area contributed by atoms with E-state index in [1.165, 1.54) is 23.2 Å². The molecule has 2 amide bonds. The molecule has 0 saturated heterocycles. The van der Waals surface area contributed by atoms with Crippen LogP contribution in [-0.2, 0) is 0 Å². The van der Waals surface area contributed by atoms with Crippen LogP contribution in [0.3, 0.4) is 0 Å². The summed E-state index contributed by atoms with van der Waals surface area (Å²) in [6.07, 6.45) is -2.91. The zero-order chi connectivity index (χ0) is 24.2. The summed E-state index contributed by atoms with van der Waals surface area (Å²) in [5.74, 6) is -0.657. The Labute approximate surface area is 191 Å². The van der Waals surface area contributed by atoms with Crippen LogP contribution in [0.4, 0.5) is 28.0 Å². The van der Waals surface area contributed by atoms with Crippen molar-refractivity contribution >= 4 is 34.1 Å². The highest BCUT2D eigenvalue weighted by atomic mass is 35.5. The van der Waals surface area contributed by atoms with Gasteiger partial charge in [0.1, 0.15) is 5.82 Å². The first-order valence-electron chi connectivity index (χ1n) is 9.97. The van der Waals surface area contributed by atoms with Gasteiger partial charge in [0.25, 0.3) is 5.56 Å². The molecule has 1 unspecified atom stereocenters. The standard InChI is InChI=1S/C22H21ClF4N4O2/c1-13(17-11-29-20(32)16-5-3-2-4-15(16)17)31(9-8-28-12-22(25,26)27)21(33)30-14-6-7-19(24)18(23)10-14/h2-7,10-11,13,28H,8-9,12H2,1H3,(H,29,32)(H,30,33). The zero-order valence-electron chi connectivity index (χ0n) is 17.5. The van der Waals surface area contributed by atoms with E-state index in [2.05, 4.69) is 15.6 Å². The van der Waals surface area contributed by atoms with Gasteiger partial charge in [-0.2, -0.15) is 13.2 Å². The number of hydrogen-bond acceptors (Lipinski definition) is 3. The molecule has 3 rings (SSSR count). The van der Waals surface area contributed by atoms with E-state index in [1.54, 1.807) is 31.2 Å². The van der Waals surface area contributed by atoms with Crippen LogP contribution in [-0.4, -0.2) is 41.7 Å². The van der Waals surface area contributed by atoms with Crippen molar-refractivity contribution < 1.29 is 22.4 Å². The van der Waals surface area contributed by atoms with Gasteiger partial charge in [-0.3, -0.25) is 4.79 Å². The average molecular weight is 485 g/mol. The van der Waals surface area contributed by atoms with Crippen LogP contribution in [0.5, 0.6) is 0 Å². The number of rotatable bonds is 7. The summed E-state index contributed by atoms with van der Waals surface area (Å²) < 4.78 is 50.9. The second kappa shape index (κ2) is 10.2. The Morgan fingerprint density at radius 2 is 1.88 bits per heavy atom. The van der Waals surface area contributed by atoms with Crippen molar-refractivity contribution in [1.29, 1.82) is 0 Å². The molecule has 176 valence electrons. The Morgan fingerprint density at radius 1 is 1.18 bits per heavy atom. The molecule has 0 aliphatic carbocycles. The lowest BCUT2D eigenvalue weighted by atomic mass is 10.0. The molecule has 3 aromatic rings. The van der Waals surface area contributed by atoms with E-state index >= 15 is 0 Å². The number of hydrogen-bond donors (Lipinski definition) is 3. The van der Waals surface area contributed by atoms with E-state index < -0.39 is 30.6 Å². The van der Waals surface area contributed by atoms with Crippen LogP contribution >= 0.6 is 11.6 Å². The summed E-state index contributed by atoms with van der Waals surface area (Å²) in [7, 11) is 0. The molecule has 3 N–H and O–H groups in total. The fourth-order valence-electron chi connectivity index (χ4n) is 3.42. The monoisotopic (exact) mass is 484 g/mol. The van der Waals surface area contributed by atoms with Crippen LogP contribution in [0.25, 0.3) is 10.8 Å². The molecule has 0 spiro atoms. The molecule has 0 bridgehead atoms. The van der Waals surface area contributed by atoms with E-state index in [0.717, 1.165) is 6.07 Å². The van der Waals surface area contributed by atoms with Crippen LogP contribution in [0.2, 0.25) is 5.02 Å². The first-order valence-corrected chi connectivity index (χ1v) is 10.3. The predicted octanol–water partition coefficient (Wildman–Crippen LogP) is 5.07. The Kier molecular flexibility index (Phi) is 7.60. The lowest BCUT2D eigenvalue weighted by Crippen LogP contribution is -2.42. The second-order valence-corrected chi connectivity index (χ2v) is 7.75. The Morgan fingerprint density at radius 3 is 2.55 bits per heavy atom. The second-order valence-electron chi connectivity index (χ2n) is 7.34. The number of carbonyl (C=O) groups excluding carboxylic acids is 1. The number of nitrogens with one attached hydrogen (secondary N) is 3. The number of urea groups is 1. The number of aromatic amines is 1. The summed E-state index contributed by atoms with van der Waals surface area (Å²) in [6, 6.07) is 9.20. The number of anilines is 1. The van der Waals surface area contributed by atoms with E-state index in [9.17, 15) is 27.2 Å². The third-order valence-electron chi connectivity index (χ3n) is 5.05. The van der Waals surface area contributed by atoms with E-state index in [1.807, 2.05) is 0 Å². The van der Waals surface area contributed by atoms with E-state index in [4.69, 9.17) is 11.6 Å². The molecule has 1 atom stereocenters. The molecule has 33 heavy (non-hydrogen) atoms. The summed E-state index contributed by atoms with van der Waals surface area (Å²) in [4.78, 5) is 29.2. The number of aromatic nitrogens is 1. The molecular formula is C22H21ClF4N4O2. The third-order valence-corrected chi connectivity index (χ3v) is 5.34. The largest absolute Gasteiger partial charge is 0.401 e. The van der Waals surface area contributed by atoms with Crippen LogP contribution in [0, 0.1) is 5.82 Å². The zero-order valence-corrected chi connectivity index (χ0v) is 18.2. The predicted molar refractivity (Wildman–Crippen MR) is 119 cm³/mol. The van der Waals surface area contributed by atoms with E-state index in [0.29, 0.717) is 16.3 Å². The highest BCUT2D eigenvalue weighted by molar-refractivity contribution is 6.31. The van der Waals surface area contributed by atoms with Crippen molar-refractivity contribution in [3.8, 4) is 0 Å². The van der Waals surface area contributed by atoms with Gasteiger partial charge in [0.15, 0.2) is 0 Å². The minimum atomic E-state index is -4.39. The number of amides is 2. The van der Waals surface area contributed by atoms with Crippen LogP contribution in [0.1, 0.15) is 18.5 Å². The van der Waals surface area contributed by atoms with Crippen LogP contribution < -0.4 is 16.2 Å². The third kappa shape index (κ3) is 6.23. The fourth-order valence-corrected chi connectivity index (χ4v) is 3.60. The Hall–Kier alpha value is -3.11. The molecule has 11 heteroatoms. The molecular weight excluding hydrogens is 464 g/mol. The van der Waals surface area contributed by atoms with Crippen molar-refractivity contribution in [1.82, 2.24) is 15.2 Å². The van der Waals surface area contributed by atoms with Gasteiger partial charge in [-0.1, -0.05) is 29.8 Å². The molecule has 0 saturated carbocycles. The minimum absolute atomic E-state index is 0.0779. The van der Waals surface area contributed by atoms with E-state index in [-0.39, 0.29) is 29.4 Å². The summed E-state index contributed by atoms with van der Waals surface area (Å²) >= 11 is 5.77. The molecule has 0 fully saturated rings.